The minimum absolute atomic E-state index is 0.0788. The number of ether oxygens (including phenoxy) is 1. The summed E-state index contributed by atoms with van der Waals surface area (Å²) < 4.78 is 32.4. The van der Waals surface area contributed by atoms with Gasteiger partial charge in [0.1, 0.15) is 18.3 Å². The van der Waals surface area contributed by atoms with Gasteiger partial charge in [-0.2, -0.15) is 0 Å². The molecule has 0 aromatic heterocycles. The number of anilines is 1. The third-order valence-corrected chi connectivity index (χ3v) is 8.67. The summed E-state index contributed by atoms with van der Waals surface area (Å²) in [7, 11) is -2.62. The molecule has 3 aromatic carbocycles. The quantitative estimate of drug-likeness (QED) is 0.245. The van der Waals surface area contributed by atoms with Crippen LogP contribution in [-0.4, -0.2) is 57.1 Å². The summed E-state index contributed by atoms with van der Waals surface area (Å²) in [5, 5.41) is 3.95. The van der Waals surface area contributed by atoms with Gasteiger partial charge in [-0.25, -0.2) is 8.42 Å². The predicted octanol–water partition coefficient (Wildman–Crippen LogP) is 5.98. The first-order chi connectivity index (χ1) is 19.8. The van der Waals surface area contributed by atoms with E-state index < -0.39 is 28.5 Å². The molecule has 42 heavy (non-hydrogen) atoms. The second-order valence-corrected chi connectivity index (χ2v) is 13.1. The van der Waals surface area contributed by atoms with Crippen LogP contribution in [0, 0.1) is 0 Å². The number of benzene rings is 3. The van der Waals surface area contributed by atoms with E-state index in [9.17, 15) is 18.0 Å². The number of halogens is 3. The highest BCUT2D eigenvalue weighted by atomic mass is 35.5. The Kier molecular flexibility index (Phi) is 11.9. The van der Waals surface area contributed by atoms with Crippen LogP contribution in [0.2, 0.25) is 15.1 Å². The second kappa shape index (κ2) is 15.0. The van der Waals surface area contributed by atoms with Crippen LogP contribution in [0.4, 0.5) is 5.69 Å². The van der Waals surface area contributed by atoms with Crippen molar-refractivity contribution in [2.45, 2.75) is 45.3 Å². The van der Waals surface area contributed by atoms with Gasteiger partial charge in [-0.1, -0.05) is 78.1 Å². The minimum atomic E-state index is -4.01. The van der Waals surface area contributed by atoms with Crippen molar-refractivity contribution >= 4 is 62.3 Å². The average Bonchev–Trinajstić information content (AvgIpc) is 2.94. The van der Waals surface area contributed by atoms with Crippen LogP contribution < -0.4 is 14.4 Å². The molecule has 0 saturated heterocycles. The predicted molar refractivity (Wildman–Crippen MR) is 169 cm³/mol. The summed E-state index contributed by atoms with van der Waals surface area (Å²) in [6.45, 7) is 3.11. The van der Waals surface area contributed by atoms with E-state index in [1.165, 1.54) is 24.1 Å². The van der Waals surface area contributed by atoms with E-state index in [1.807, 2.05) is 44.2 Å². The largest absolute Gasteiger partial charge is 0.495 e. The lowest BCUT2D eigenvalue weighted by molar-refractivity contribution is -0.140. The molecule has 12 heteroatoms. The molecule has 0 aliphatic carbocycles. The molecule has 0 aliphatic heterocycles. The second-order valence-electron chi connectivity index (χ2n) is 9.87. The summed E-state index contributed by atoms with van der Waals surface area (Å²) in [5.74, 6) is -0.799. The highest BCUT2D eigenvalue weighted by molar-refractivity contribution is 7.92. The number of rotatable bonds is 13. The van der Waals surface area contributed by atoms with Gasteiger partial charge in [0, 0.05) is 34.1 Å². The van der Waals surface area contributed by atoms with Crippen LogP contribution in [0.25, 0.3) is 0 Å². The molecule has 0 spiro atoms. The summed E-state index contributed by atoms with van der Waals surface area (Å²) in [4.78, 5) is 29.3. The monoisotopic (exact) mass is 653 g/mol. The van der Waals surface area contributed by atoms with Crippen molar-refractivity contribution < 1.29 is 22.7 Å². The topological polar surface area (TPSA) is 96.0 Å². The number of amides is 2. The number of sulfonamides is 1. The summed E-state index contributed by atoms with van der Waals surface area (Å²) in [6, 6.07) is 17.5. The van der Waals surface area contributed by atoms with E-state index in [0.717, 1.165) is 16.1 Å². The molecule has 0 fully saturated rings. The molecule has 1 N–H and O–H groups in total. The van der Waals surface area contributed by atoms with Crippen molar-refractivity contribution in [2.24, 2.45) is 0 Å². The summed E-state index contributed by atoms with van der Waals surface area (Å²) >= 11 is 18.8. The molecular weight excluding hydrogens is 621 g/mol. The first-order valence-electron chi connectivity index (χ1n) is 13.2. The minimum Gasteiger partial charge on any atom is -0.495 e. The van der Waals surface area contributed by atoms with Crippen LogP contribution >= 0.6 is 34.8 Å². The van der Waals surface area contributed by atoms with Crippen LogP contribution in [0.5, 0.6) is 5.75 Å². The maximum Gasteiger partial charge on any atom is 0.244 e. The van der Waals surface area contributed by atoms with Gasteiger partial charge < -0.3 is 15.0 Å². The highest BCUT2D eigenvalue weighted by Gasteiger charge is 2.34. The Morgan fingerprint density at radius 2 is 1.62 bits per heavy atom. The number of carbonyl (C=O) groups excluding carboxylic acids is 2. The number of hydrogen-bond acceptors (Lipinski definition) is 5. The van der Waals surface area contributed by atoms with E-state index in [2.05, 4.69) is 5.32 Å². The molecule has 0 radical (unpaired) electrons. The summed E-state index contributed by atoms with van der Waals surface area (Å²) in [5.41, 5.74) is 1.45. The smallest absolute Gasteiger partial charge is 0.244 e. The molecular formula is C30H34Cl3N3O5S. The van der Waals surface area contributed by atoms with Crippen LogP contribution in [0.3, 0.4) is 0 Å². The van der Waals surface area contributed by atoms with Gasteiger partial charge in [-0.15, -0.1) is 0 Å². The van der Waals surface area contributed by atoms with Gasteiger partial charge in [0.2, 0.25) is 21.8 Å². The zero-order valence-corrected chi connectivity index (χ0v) is 26.9. The van der Waals surface area contributed by atoms with E-state index in [1.54, 1.807) is 24.3 Å². The molecule has 226 valence electrons. The Hall–Kier alpha value is -2.98. The molecule has 2 atom stereocenters. The third-order valence-electron chi connectivity index (χ3n) is 6.72. The number of carbonyl (C=O) groups is 2. The van der Waals surface area contributed by atoms with Gasteiger partial charge in [-0.3, -0.25) is 13.9 Å². The Morgan fingerprint density at radius 3 is 2.21 bits per heavy atom. The summed E-state index contributed by atoms with van der Waals surface area (Å²) in [6.07, 6.45) is 1.84. The SMILES string of the molecule is CC[C@H](C)NC(=O)[C@H](Cc1ccccc1)N(Cc1ccc(Cl)cc1Cl)C(=O)CN(c1cc(Cl)ccc1OC)S(C)(=O)=O. The molecule has 0 unspecified atom stereocenters. The standard InChI is InChI=1S/C30H34Cl3N3O5S/c1-5-20(2)34-30(38)27(15-21-9-7-6-8-10-21)35(18-22-11-12-23(31)16-25(22)33)29(37)19-36(42(4,39)40)26-17-24(32)13-14-28(26)41-3/h6-14,16-17,20,27H,5,15,18-19H2,1-4H3,(H,34,38)/t20-,27-/m0/s1. The van der Waals surface area contributed by atoms with E-state index in [0.29, 0.717) is 22.0 Å². The van der Waals surface area contributed by atoms with Crippen LogP contribution in [0.1, 0.15) is 31.4 Å². The molecule has 3 aromatic rings. The first kappa shape index (κ1) is 33.5. The molecule has 0 saturated carbocycles. The molecule has 2 amide bonds. The van der Waals surface area contributed by atoms with E-state index >= 15 is 0 Å². The molecule has 0 heterocycles. The highest BCUT2D eigenvalue weighted by Crippen LogP contribution is 2.33. The number of nitrogens with zero attached hydrogens (tertiary/aromatic N) is 2. The van der Waals surface area contributed by atoms with Crippen molar-refractivity contribution in [3.63, 3.8) is 0 Å². The lowest BCUT2D eigenvalue weighted by Crippen LogP contribution is -2.54. The Morgan fingerprint density at radius 1 is 0.976 bits per heavy atom. The average molecular weight is 655 g/mol. The van der Waals surface area contributed by atoms with Crippen LogP contribution in [-0.2, 0) is 32.6 Å². The third kappa shape index (κ3) is 9.01. The lowest BCUT2D eigenvalue weighted by atomic mass is 10.0. The van der Waals surface area contributed by atoms with Gasteiger partial charge in [0.05, 0.1) is 19.1 Å². The van der Waals surface area contributed by atoms with Gasteiger partial charge in [-0.05, 0) is 54.8 Å². The fourth-order valence-electron chi connectivity index (χ4n) is 4.28. The maximum absolute atomic E-state index is 14.2. The van der Waals surface area contributed by atoms with Crippen LogP contribution in [0.15, 0.2) is 66.7 Å². The van der Waals surface area contributed by atoms with Gasteiger partial charge >= 0.3 is 0 Å². The zero-order chi connectivity index (χ0) is 31.0. The Bertz CT molecular complexity index is 1510. The van der Waals surface area contributed by atoms with E-state index in [-0.39, 0.29) is 41.4 Å². The molecule has 0 bridgehead atoms. The maximum atomic E-state index is 14.2. The lowest BCUT2D eigenvalue weighted by Gasteiger charge is -2.34. The number of hydrogen-bond donors (Lipinski definition) is 1. The normalized spacial score (nSPS) is 12.7. The Balaban J connectivity index is 2.13. The fourth-order valence-corrected chi connectivity index (χ4v) is 5.76. The van der Waals surface area contributed by atoms with Crippen molar-refractivity contribution in [3.8, 4) is 5.75 Å². The first-order valence-corrected chi connectivity index (χ1v) is 16.2. The van der Waals surface area contributed by atoms with Crippen molar-refractivity contribution in [2.75, 3.05) is 24.2 Å². The van der Waals surface area contributed by atoms with Gasteiger partial charge in [0.15, 0.2) is 0 Å². The fraction of sp³-hybridized carbons (Fsp3) is 0.333. The van der Waals surface area contributed by atoms with Crippen molar-refractivity contribution in [3.05, 3.63) is 92.9 Å². The Labute approximate surface area is 262 Å². The van der Waals surface area contributed by atoms with Crippen molar-refractivity contribution in [1.29, 1.82) is 0 Å². The zero-order valence-electron chi connectivity index (χ0n) is 23.8. The molecule has 8 nitrogen and oxygen atoms in total. The van der Waals surface area contributed by atoms with Gasteiger partial charge in [0.25, 0.3) is 0 Å². The number of methoxy groups -OCH3 is 1. The van der Waals surface area contributed by atoms with Crippen molar-refractivity contribution in [1.82, 2.24) is 10.2 Å². The molecule has 3 rings (SSSR count). The number of nitrogens with one attached hydrogen (secondary N) is 1. The molecule has 0 aliphatic rings. The van der Waals surface area contributed by atoms with E-state index in [4.69, 9.17) is 39.5 Å².